The van der Waals surface area contributed by atoms with Gasteiger partial charge in [-0.15, -0.1) is 26.3 Å². The maximum Gasteiger partial charge on any atom is 0.573 e. The van der Waals surface area contributed by atoms with Crippen molar-refractivity contribution in [3.63, 3.8) is 0 Å². The third-order valence-corrected chi connectivity index (χ3v) is 12.0. The Morgan fingerprint density at radius 2 is 0.938 bits per heavy atom. The zero-order chi connectivity index (χ0) is 47.7. The predicted molar refractivity (Wildman–Crippen MR) is 218 cm³/mol. The molecular formula is C44H46BBrF12O6. The van der Waals surface area contributed by atoms with Crippen molar-refractivity contribution >= 4 is 28.5 Å². The van der Waals surface area contributed by atoms with E-state index < -0.39 is 94.3 Å². The molecule has 4 aromatic rings. The molecule has 4 N–H and O–H groups in total. The van der Waals surface area contributed by atoms with E-state index in [2.05, 4.69) is 39.3 Å². The second-order valence-corrected chi connectivity index (χ2v) is 16.5. The molecule has 0 radical (unpaired) electrons. The van der Waals surface area contributed by atoms with Crippen LogP contribution in [-0.4, -0.2) is 40.1 Å². The molecule has 0 bridgehead atoms. The van der Waals surface area contributed by atoms with Crippen molar-refractivity contribution in [3.8, 4) is 34.1 Å². The molecule has 2 aliphatic rings. The highest BCUT2D eigenvalue weighted by atomic mass is 79.9. The van der Waals surface area contributed by atoms with E-state index in [-0.39, 0.29) is 21.9 Å². The smallest absolute Gasteiger partial charge is 0.504 e. The van der Waals surface area contributed by atoms with Crippen molar-refractivity contribution < 1.29 is 82.4 Å². The van der Waals surface area contributed by atoms with Gasteiger partial charge in [-0.1, -0.05) is 63.8 Å². The first-order valence-electron chi connectivity index (χ1n) is 20.5. The lowest BCUT2D eigenvalue weighted by Crippen LogP contribution is -2.34. The number of rotatable bonds is 10. The van der Waals surface area contributed by atoms with E-state index in [4.69, 9.17) is 15.2 Å². The topological polar surface area (TPSA) is 99.4 Å². The lowest BCUT2D eigenvalue weighted by Gasteiger charge is -2.29. The van der Waals surface area contributed by atoms with Crippen LogP contribution in [-0.2, 0) is 0 Å². The lowest BCUT2D eigenvalue weighted by molar-refractivity contribution is -0.276. The minimum atomic E-state index is -5.16. The van der Waals surface area contributed by atoms with Crippen LogP contribution in [0.2, 0.25) is 0 Å². The molecule has 0 amide bonds. The Kier molecular flexibility index (Phi) is 18.6. The molecule has 6 rings (SSSR count). The second kappa shape index (κ2) is 22.7. The maximum absolute atomic E-state index is 14.8. The van der Waals surface area contributed by atoms with Gasteiger partial charge in [0.1, 0.15) is 0 Å². The number of phenolic OH excluding ortho intramolecular Hbond substituents is 2. The number of halogens is 13. The summed E-state index contributed by atoms with van der Waals surface area (Å²) in [5.74, 6) is -10.9. The molecule has 0 saturated heterocycles. The van der Waals surface area contributed by atoms with Crippen LogP contribution >= 0.6 is 15.9 Å². The van der Waals surface area contributed by atoms with Gasteiger partial charge < -0.3 is 29.7 Å². The highest BCUT2D eigenvalue weighted by Crippen LogP contribution is 2.44. The zero-order valence-corrected chi connectivity index (χ0v) is 36.1. The monoisotopic (exact) mass is 988 g/mol. The summed E-state index contributed by atoms with van der Waals surface area (Å²) < 4.78 is 163. The molecule has 2 saturated carbocycles. The van der Waals surface area contributed by atoms with Crippen molar-refractivity contribution in [2.45, 2.75) is 115 Å². The van der Waals surface area contributed by atoms with E-state index in [0.29, 0.717) is 23.5 Å². The Balaban J connectivity index is 0.000000228. The van der Waals surface area contributed by atoms with Crippen molar-refractivity contribution in [2.75, 3.05) is 0 Å². The molecule has 0 heterocycles. The van der Waals surface area contributed by atoms with Crippen LogP contribution < -0.4 is 14.9 Å². The summed E-state index contributed by atoms with van der Waals surface area (Å²) in [5.41, 5.74) is -0.696. The van der Waals surface area contributed by atoms with Gasteiger partial charge >= 0.3 is 19.8 Å². The Morgan fingerprint density at radius 1 is 0.531 bits per heavy atom. The van der Waals surface area contributed by atoms with Gasteiger partial charge in [0.15, 0.2) is 46.3 Å². The van der Waals surface area contributed by atoms with Crippen LogP contribution in [0.25, 0.3) is 11.1 Å². The Labute approximate surface area is 370 Å². The molecule has 6 nitrogen and oxygen atoms in total. The first-order chi connectivity index (χ1) is 30.0. The van der Waals surface area contributed by atoms with Crippen molar-refractivity contribution in [3.05, 3.63) is 99.0 Å². The van der Waals surface area contributed by atoms with Gasteiger partial charge in [0, 0.05) is 16.6 Å². The van der Waals surface area contributed by atoms with E-state index >= 15 is 0 Å². The Morgan fingerprint density at radius 3 is 1.38 bits per heavy atom. The zero-order valence-electron chi connectivity index (χ0n) is 34.5. The summed E-state index contributed by atoms with van der Waals surface area (Å²) >= 11 is 2.73. The molecule has 2 fully saturated rings. The van der Waals surface area contributed by atoms with E-state index in [9.17, 15) is 57.8 Å². The summed E-state index contributed by atoms with van der Waals surface area (Å²) in [6, 6.07) is 8.65. The van der Waals surface area contributed by atoms with Crippen LogP contribution in [0, 0.1) is 46.7 Å². The average molecular weight is 990 g/mol. The normalized spacial score (nSPS) is 18.9. The summed E-state index contributed by atoms with van der Waals surface area (Å²) in [5, 5.41) is 36.8. The van der Waals surface area contributed by atoms with Gasteiger partial charge in [-0.25, -0.2) is 17.6 Å². The van der Waals surface area contributed by atoms with Gasteiger partial charge in [-0.3, -0.25) is 0 Å². The van der Waals surface area contributed by atoms with Crippen LogP contribution in [0.5, 0.6) is 23.0 Å². The van der Waals surface area contributed by atoms with Crippen LogP contribution in [0.1, 0.15) is 114 Å². The van der Waals surface area contributed by atoms with E-state index in [1.165, 1.54) is 37.1 Å². The number of benzene rings is 4. The molecule has 4 aromatic carbocycles. The number of alkyl halides is 6. The average Bonchev–Trinajstić information content (AvgIpc) is 3.23. The summed E-state index contributed by atoms with van der Waals surface area (Å²) in [6.45, 7) is 4.28. The Hall–Kier alpha value is -4.30. The van der Waals surface area contributed by atoms with Crippen LogP contribution in [0.3, 0.4) is 0 Å². The molecule has 20 heteroatoms. The van der Waals surface area contributed by atoms with Crippen LogP contribution in [0.4, 0.5) is 52.7 Å². The molecular weight excluding hydrogens is 943 g/mol. The molecule has 0 unspecified atom stereocenters. The van der Waals surface area contributed by atoms with Gasteiger partial charge in [-0.2, -0.15) is 8.78 Å². The number of phenols is 2. The molecule has 0 aliphatic heterocycles. The van der Waals surface area contributed by atoms with Crippen LogP contribution in [0.15, 0.2) is 53.0 Å². The standard InChI is InChI=1S/C22H22F6O2.C15H21BF2O2.C7H3BrF4O2/c1-2-3-12-4-6-13(7-5-12)14-8-9-15(19(24)18(14)23)16-10-11-17(20(25)21(16)29)30-22(26,27)28;1-2-3-10-4-6-11(7-5-10)12-8-9-13(16(19)20)15(18)14(12)17;8-3-1-2-4(5(9)6(3)13)14-7(10,11)12/h8-13,29H,2-7H2,1H3;8-11,19-20H,2-7H2,1H3;1-2,13H. The summed E-state index contributed by atoms with van der Waals surface area (Å²) in [7, 11) is -1.97. The molecule has 2 aliphatic carbocycles. The van der Waals surface area contributed by atoms with Gasteiger partial charge in [0.05, 0.1) is 4.47 Å². The SMILES string of the molecule is CCCC1CCC(c2ccc(-c3ccc(OC(F)(F)F)c(F)c3O)c(F)c2F)CC1.CCCC1CCC(c2ccc(B(O)O)c(F)c2F)CC1.Oc1c(Br)ccc(OC(F)(F)F)c1F. The number of hydrogen-bond acceptors (Lipinski definition) is 6. The largest absolute Gasteiger partial charge is 0.573 e. The van der Waals surface area contributed by atoms with Gasteiger partial charge in [0.2, 0.25) is 11.6 Å². The number of ether oxygens (including phenoxy) is 2. The summed E-state index contributed by atoms with van der Waals surface area (Å²) in [4.78, 5) is 0. The lowest BCUT2D eigenvalue weighted by atomic mass is 9.74. The van der Waals surface area contributed by atoms with E-state index in [1.807, 2.05) is 0 Å². The van der Waals surface area contributed by atoms with Gasteiger partial charge in [-0.05, 0) is 126 Å². The van der Waals surface area contributed by atoms with E-state index in [0.717, 1.165) is 82.4 Å². The number of hydrogen-bond donors (Lipinski definition) is 4. The molecule has 64 heavy (non-hydrogen) atoms. The predicted octanol–water partition coefficient (Wildman–Crippen LogP) is 13.4. The molecule has 0 spiro atoms. The Bertz CT molecular complexity index is 2170. The van der Waals surface area contributed by atoms with Crippen molar-refractivity contribution in [1.82, 2.24) is 0 Å². The highest BCUT2D eigenvalue weighted by Gasteiger charge is 2.35. The fourth-order valence-electron chi connectivity index (χ4n) is 8.22. The third kappa shape index (κ3) is 13.9. The van der Waals surface area contributed by atoms with Crippen molar-refractivity contribution in [1.29, 1.82) is 0 Å². The van der Waals surface area contributed by atoms with E-state index in [1.54, 1.807) is 0 Å². The van der Waals surface area contributed by atoms with Crippen molar-refractivity contribution in [2.24, 2.45) is 11.8 Å². The van der Waals surface area contributed by atoms with Gasteiger partial charge in [0.25, 0.3) is 0 Å². The fraction of sp³-hybridized carbons (Fsp3) is 0.455. The molecule has 352 valence electrons. The molecule has 0 aromatic heterocycles. The minimum Gasteiger partial charge on any atom is -0.504 e. The molecule has 0 atom stereocenters. The quantitative estimate of drug-likeness (QED) is 0.0933. The second-order valence-electron chi connectivity index (χ2n) is 15.7. The first-order valence-corrected chi connectivity index (χ1v) is 21.3. The summed E-state index contributed by atoms with van der Waals surface area (Å²) in [6.07, 6.45) is 1.65. The minimum absolute atomic E-state index is 0.0440. The maximum atomic E-state index is 14.8. The first kappa shape index (κ1) is 52.3. The third-order valence-electron chi connectivity index (χ3n) is 11.4. The highest BCUT2D eigenvalue weighted by molar-refractivity contribution is 9.10. The number of aromatic hydroxyl groups is 2. The fourth-order valence-corrected chi connectivity index (χ4v) is 8.52.